The second-order valence-electron chi connectivity index (χ2n) is 5.15. The van der Waals surface area contributed by atoms with E-state index in [1.165, 1.54) is 6.07 Å². The van der Waals surface area contributed by atoms with Crippen LogP contribution in [0, 0.1) is 11.3 Å². The first kappa shape index (κ1) is 14.7. The minimum absolute atomic E-state index is 0.0666. The van der Waals surface area contributed by atoms with Crippen molar-refractivity contribution in [3.05, 3.63) is 83.9 Å². The number of rotatable bonds is 4. The van der Waals surface area contributed by atoms with Crippen molar-refractivity contribution >= 4 is 0 Å². The SMILES string of the molecule is N#Cc1cc(O)cc(-c2ccccc2OCc2ccccc2)c1. The molecule has 0 aliphatic carbocycles. The van der Waals surface area contributed by atoms with E-state index >= 15 is 0 Å². The number of benzene rings is 3. The van der Waals surface area contributed by atoms with Crippen molar-refractivity contribution in [2.75, 3.05) is 0 Å². The second-order valence-corrected chi connectivity index (χ2v) is 5.15. The van der Waals surface area contributed by atoms with Gasteiger partial charge in [0.2, 0.25) is 0 Å². The van der Waals surface area contributed by atoms with Crippen LogP contribution in [0.3, 0.4) is 0 Å². The van der Waals surface area contributed by atoms with Crippen molar-refractivity contribution in [2.24, 2.45) is 0 Å². The zero-order valence-corrected chi connectivity index (χ0v) is 12.4. The average Bonchev–Trinajstić information content (AvgIpc) is 2.60. The standard InChI is InChI=1S/C20H15NO2/c21-13-16-10-17(12-18(22)11-16)19-8-4-5-9-20(19)23-14-15-6-2-1-3-7-15/h1-12,22H,14H2. The summed E-state index contributed by atoms with van der Waals surface area (Å²) in [5, 5.41) is 18.9. The molecule has 0 fully saturated rings. The van der Waals surface area contributed by atoms with Gasteiger partial charge in [-0.25, -0.2) is 0 Å². The van der Waals surface area contributed by atoms with Gasteiger partial charge in [-0.05, 0) is 35.4 Å². The van der Waals surface area contributed by atoms with Gasteiger partial charge in [0.1, 0.15) is 18.1 Å². The van der Waals surface area contributed by atoms with Crippen LogP contribution < -0.4 is 4.74 Å². The summed E-state index contributed by atoms with van der Waals surface area (Å²) in [5.74, 6) is 0.780. The number of hydrogen-bond donors (Lipinski definition) is 1. The third-order valence-electron chi connectivity index (χ3n) is 3.48. The molecule has 3 heteroatoms. The number of para-hydroxylation sites is 1. The number of ether oxygens (including phenoxy) is 1. The Kier molecular flexibility index (Phi) is 4.26. The lowest BCUT2D eigenvalue weighted by Crippen LogP contribution is -1.96. The fourth-order valence-electron chi connectivity index (χ4n) is 2.40. The van der Waals surface area contributed by atoms with Crippen LogP contribution in [0.25, 0.3) is 11.1 Å². The maximum Gasteiger partial charge on any atom is 0.127 e. The van der Waals surface area contributed by atoms with E-state index in [0.29, 0.717) is 17.9 Å². The molecule has 0 unspecified atom stereocenters. The van der Waals surface area contributed by atoms with Crippen molar-refractivity contribution < 1.29 is 9.84 Å². The highest BCUT2D eigenvalue weighted by molar-refractivity contribution is 5.72. The molecular formula is C20H15NO2. The fraction of sp³-hybridized carbons (Fsp3) is 0.0500. The lowest BCUT2D eigenvalue weighted by molar-refractivity contribution is 0.307. The topological polar surface area (TPSA) is 53.2 Å². The summed E-state index contributed by atoms with van der Waals surface area (Å²) in [6, 6.07) is 24.4. The molecule has 3 nitrogen and oxygen atoms in total. The first-order chi connectivity index (χ1) is 11.3. The zero-order chi connectivity index (χ0) is 16.1. The number of nitrogens with zero attached hydrogens (tertiary/aromatic N) is 1. The molecule has 0 bridgehead atoms. The molecule has 0 atom stereocenters. The maximum absolute atomic E-state index is 9.79. The third kappa shape index (κ3) is 3.50. The van der Waals surface area contributed by atoms with Gasteiger partial charge in [-0.2, -0.15) is 5.26 Å². The zero-order valence-electron chi connectivity index (χ0n) is 12.4. The molecule has 0 saturated carbocycles. The predicted molar refractivity (Wildman–Crippen MR) is 89.0 cm³/mol. The van der Waals surface area contributed by atoms with Crippen molar-refractivity contribution in [2.45, 2.75) is 6.61 Å². The van der Waals surface area contributed by atoms with Gasteiger partial charge in [0.25, 0.3) is 0 Å². The molecule has 0 aliphatic rings. The maximum atomic E-state index is 9.79. The van der Waals surface area contributed by atoms with Crippen LogP contribution in [0.4, 0.5) is 0 Å². The number of nitriles is 1. The Morgan fingerprint density at radius 2 is 1.65 bits per heavy atom. The highest BCUT2D eigenvalue weighted by Crippen LogP contribution is 2.33. The molecule has 3 aromatic rings. The number of phenols is 1. The van der Waals surface area contributed by atoms with E-state index in [1.54, 1.807) is 12.1 Å². The molecule has 0 heterocycles. The van der Waals surface area contributed by atoms with E-state index in [2.05, 4.69) is 6.07 Å². The lowest BCUT2D eigenvalue weighted by atomic mass is 10.0. The van der Waals surface area contributed by atoms with Crippen molar-refractivity contribution in [3.63, 3.8) is 0 Å². The second kappa shape index (κ2) is 6.67. The largest absolute Gasteiger partial charge is 0.508 e. The van der Waals surface area contributed by atoms with Crippen LogP contribution >= 0.6 is 0 Å². The summed E-state index contributed by atoms with van der Waals surface area (Å²) in [6.07, 6.45) is 0. The quantitative estimate of drug-likeness (QED) is 0.771. The van der Waals surface area contributed by atoms with Crippen LogP contribution in [0.1, 0.15) is 11.1 Å². The lowest BCUT2D eigenvalue weighted by Gasteiger charge is -2.12. The molecule has 0 aliphatic heterocycles. The summed E-state index contributed by atoms with van der Waals surface area (Å²) in [6.45, 7) is 0.460. The Morgan fingerprint density at radius 1 is 0.913 bits per heavy atom. The Hall–Kier alpha value is -3.25. The van der Waals surface area contributed by atoms with E-state index in [9.17, 15) is 5.11 Å². The first-order valence-electron chi connectivity index (χ1n) is 7.26. The highest BCUT2D eigenvalue weighted by atomic mass is 16.5. The van der Waals surface area contributed by atoms with Gasteiger partial charge < -0.3 is 9.84 Å². The van der Waals surface area contributed by atoms with Crippen LogP contribution in [-0.4, -0.2) is 5.11 Å². The molecule has 0 spiro atoms. The Bertz CT molecular complexity index is 851. The van der Waals surface area contributed by atoms with Gasteiger partial charge in [-0.3, -0.25) is 0 Å². The summed E-state index contributed by atoms with van der Waals surface area (Å²) in [5.41, 5.74) is 3.09. The number of phenolic OH excluding ortho intramolecular Hbond substituents is 1. The molecule has 0 aromatic heterocycles. The monoisotopic (exact) mass is 301 g/mol. The Balaban J connectivity index is 1.92. The number of aromatic hydroxyl groups is 1. The van der Waals surface area contributed by atoms with Crippen molar-refractivity contribution in [1.82, 2.24) is 0 Å². The van der Waals surface area contributed by atoms with Gasteiger partial charge in [0.15, 0.2) is 0 Å². The van der Waals surface area contributed by atoms with Gasteiger partial charge in [-0.15, -0.1) is 0 Å². The van der Waals surface area contributed by atoms with Crippen LogP contribution in [-0.2, 0) is 6.61 Å². The molecule has 0 saturated heterocycles. The molecular weight excluding hydrogens is 286 g/mol. The molecule has 1 N–H and O–H groups in total. The van der Waals surface area contributed by atoms with E-state index in [0.717, 1.165) is 16.7 Å². The third-order valence-corrected chi connectivity index (χ3v) is 3.48. The molecule has 112 valence electrons. The fourth-order valence-corrected chi connectivity index (χ4v) is 2.40. The molecule has 23 heavy (non-hydrogen) atoms. The van der Waals surface area contributed by atoms with E-state index < -0.39 is 0 Å². The summed E-state index contributed by atoms with van der Waals surface area (Å²) >= 11 is 0. The highest BCUT2D eigenvalue weighted by Gasteiger charge is 2.08. The van der Waals surface area contributed by atoms with Gasteiger partial charge >= 0.3 is 0 Å². The van der Waals surface area contributed by atoms with Gasteiger partial charge in [0.05, 0.1) is 11.6 Å². The molecule has 3 rings (SSSR count). The minimum atomic E-state index is 0.0666. The minimum Gasteiger partial charge on any atom is -0.508 e. The average molecular weight is 301 g/mol. The van der Waals surface area contributed by atoms with Gasteiger partial charge in [0, 0.05) is 5.56 Å². The predicted octanol–water partition coefficient (Wildman–Crippen LogP) is 4.51. The Labute approximate surface area is 135 Å². The van der Waals surface area contributed by atoms with Crippen molar-refractivity contribution in [1.29, 1.82) is 5.26 Å². The molecule has 0 amide bonds. The summed E-state index contributed by atoms with van der Waals surface area (Å²) in [7, 11) is 0. The van der Waals surface area contributed by atoms with Crippen LogP contribution in [0.15, 0.2) is 72.8 Å². The molecule has 3 aromatic carbocycles. The first-order valence-corrected chi connectivity index (χ1v) is 7.26. The van der Waals surface area contributed by atoms with Crippen LogP contribution in [0.5, 0.6) is 11.5 Å². The van der Waals surface area contributed by atoms with Gasteiger partial charge in [-0.1, -0.05) is 48.5 Å². The summed E-state index contributed by atoms with van der Waals surface area (Å²) in [4.78, 5) is 0. The van der Waals surface area contributed by atoms with E-state index in [-0.39, 0.29) is 5.75 Å². The van der Waals surface area contributed by atoms with Crippen LogP contribution in [0.2, 0.25) is 0 Å². The van der Waals surface area contributed by atoms with E-state index in [1.807, 2.05) is 54.6 Å². The smallest absolute Gasteiger partial charge is 0.127 e. The Morgan fingerprint density at radius 3 is 2.43 bits per heavy atom. The summed E-state index contributed by atoms with van der Waals surface area (Å²) < 4.78 is 5.93. The molecule has 0 radical (unpaired) electrons. The van der Waals surface area contributed by atoms with Crippen molar-refractivity contribution in [3.8, 4) is 28.7 Å². The normalized spacial score (nSPS) is 10.0. The number of hydrogen-bond acceptors (Lipinski definition) is 3. The van der Waals surface area contributed by atoms with E-state index in [4.69, 9.17) is 10.00 Å².